The Morgan fingerprint density at radius 3 is 2.42 bits per heavy atom. The van der Waals surface area contributed by atoms with Crippen LogP contribution in [0.3, 0.4) is 0 Å². The van der Waals surface area contributed by atoms with E-state index in [9.17, 15) is 0 Å². The Hall–Kier alpha value is -2.09. The quantitative estimate of drug-likeness (QED) is 0.634. The van der Waals surface area contributed by atoms with Crippen molar-refractivity contribution in [3.05, 3.63) is 53.1 Å². The van der Waals surface area contributed by atoms with Gasteiger partial charge in [-0.25, -0.2) is 4.98 Å². The molecule has 2 nitrogen and oxygen atoms in total. The molecule has 0 N–H and O–H groups in total. The summed E-state index contributed by atoms with van der Waals surface area (Å²) in [6.45, 7) is 6.38. The van der Waals surface area contributed by atoms with Gasteiger partial charge in [0, 0.05) is 12.6 Å². The average molecular weight is 250 g/mol. The highest BCUT2D eigenvalue weighted by Crippen LogP contribution is 2.25. The summed E-state index contributed by atoms with van der Waals surface area (Å²) in [5.74, 6) is 1.03. The molecule has 0 fully saturated rings. The van der Waals surface area contributed by atoms with E-state index in [1.165, 1.54) is 27.8 Å². The minimum absolute atomic E-state index is 1.03. The van der Waals surface area contributed by atoms with Crippen molar-refractivity contribution in [3.8, 4) is 11.4 Å². The third kappa shape index (κ3) is 1.93. The van der Waals surface area contributed by atoms with Crippen LogP contribution >= 0.6 is 0 Å². The second-order valence-electron chi connectivity index (χ2n) is 5.29. The molecule has 0 saturated carbocycles. The Bertz CT molecular complexity index is 766. The zero-order chi connectivity index (χ0) is 13.6. The zero-order valence-corrected chi connectivity index (χ0v) is 11.9. The Labute approximate surface area is 113 Å². The number of hydrogen-bond donors (Lipinski definition) is 0. The van der Waals surface area contributed by atoms with Crippen LogP contribution < -0.4 is 0 Å². The van der Waals surface area contributed by atoms with Crippen LogP contribution in [0, 0.1) is 20.8 Å². The van der Waals surface area contributed by atoms with E-state index in [1.54, 1.807) is 0 Å². The molecule has 0 radical (unpaired) electrons. The van der Waals surface area contributed by atoms with Crippen LogP contribution in [-0.4, -0.2) is 9.55 Å². The summed E-state index contributed by atoms with van der Waals surface area (Å²) < 4.78 is 2.17. The molecule has 0 saturated heterocycles. The van der Waals surface area contributed by atoms with Crippen LogP contribution in [0.5, 0.6) is 0 Å². The number of rotatable bonds is 1. The van der Waals surface area contributed by atoms with E-state index in [1.807, 2.05) is 0 Å². The largest absolute Gasteiger partial charge is 0.327 e. The van der Waals surface area contributed by atoms with Gasteiger partial charge in [0.15, 0.2) is 0 Å². The fourth-order valence-corrected chi connectivity index (χ4v) is 2.45. The van der Waals surface area contributed by atoms with E-state index in [0.717, 1.165) is 11.3 Å². The fourth-order valence-electron chi connectivity index (χ4n) is 2.45. The van der Waals surface area contributed by atoms with Gasteiger partial charge in [-0.1, -0.05) is 18.2 Å². The zero-order valence-electron chi connectivity index (χ0n) is 11.9. The monoisotopic (exact) mass is 250 g/mol. The Kier molecular flexibility index (Phi) is 2.67. The molecule has 0 spiro atoms. The number of benzene rings is 2. The summed E-state index contributed by atoms with van der Waals surface area (Å²) >= 11 is 0. The first kappa shape index (κ1) is 12.0. The second kappa shape index (κ2) is 4.23. The molecular formula is C17H18N2. The maximum atomic E-state index is 4.78. The number of hydrogen-bond acceptors (Lipinski definition) is 1. The van der Waals surface area contributed by atoms with Gasteiger partial charge in [0.05, 0.1) is 11.0 Å². The first-order valence-corrected chi connectivity index (χ1v) is 6.57. The molecular weight excluding hydrogens is 232 g/mol. The minimum atomic E-state index is 1.03. The van der Waals surface area contributed by atoms with Crippen molar-refractivity contribution in [1.82, 2.24) is 9.55 Å². The molecule has 0 aliphatic heterocycles. The van der Waals surface area contributed by atoms with Gasteiger partial charge in [-0.05, 0) is 55.7 Å². The van der Waals surface area contributed by atoms with Gasteiger partial charge < -0.3 is 4.57 Å². The minimum Gasteiger partial charge on any atom is -0.327 e. The molecule has 19 heavy (non-hydrogen) atoms. The fraction of sp³-hybridized carbons (Fsp3) is 0.235. The molecule has 3 aromatic rings. The lowest BCUT2D eigenvalue weighted by atomic mass is 10.1. The number of aromatic nitrogens is 2. The Morgan fingerprint density at radius 1 is 0.895 bits per heavy atom. The molecule has 0 aliphatic rings. The lowest BCUT2D eigenvalue weighted by molar-refractivity contribution is 0.958. The van der Waals surface area contributed by atoms with Crippen molar-refractivity contribution < 1.29 is 0 Å². The highest BCUT2D eigenvalue weighted by molar-refractivity contribution is 5.81. The van der Waals surface area contributed by atoms with Gasteiger partial charge in [-0.3, -0.25) is 0 Å². The van der Waals surface area contributed by atoms with Crippen LogP contribution in [-0.2, 0) is 7.05 Å². The van der Waals surface area contributed by atoms with E-state index >= 15 is 0 Å². The van der Waals surface area contributed by atoms with Crippen LogP contribution in [0.25, 0.3) is 22.4 Å². The molecule has 0 unspecified atom stereocenters. The Morgan fingerprint density at radius 2 is 1.68 bits per heavy atom. The van der Waals surface area contributed by atoms with Gasteiger partial charge in [-0.2, -0.15) is 0 Å². The van der Waals surface area contributed by atoms with E-state index < -0.39 is 0 Å². The van der Waals surface area contributed by atoms with Crippen molar-refractivity contribution in [3.63, 3.8) is 0 Å². The molecule has 1 heterocycles. The van der Waals surface area contributed by atoms with Crippen molar-refractivity contribution in [1.29, 1.82) is 0 Å². The van der Waals surface area contributed by atoms with Crippen molar-refractivity contribution in [2.24, 2.45) is 7.05 Å². The topological polar surface area (TPSA) is 17.8 Å². The van der Waals surface area contributed by atoms with E-state index in [4.69, 9.17) is 4.98 Å². The lowest BCUT2D eigenvalue weighted by Gasteiger charge is -2.05. The third-order valence-electron chi connectivity index (χ3n) is 3.80. The maximum Gasteiger partial charge on any atom is 0.140 e. The summed E-state index contributed by atoms with van der Waals surface area (Å²) in [6, 6.07) is 12.9. The number of nitrogens with zero attached hydrogens (tertiary/aromatic N) is 2. The Balaban J connectivity index is 2.24. The smallest absolute Gasteiger partial charge is 0.140 e. The van der Waals surface area contributed by atoms with Crippen LogP contribution in [0.2, 0.25) is 0 Å². The van der Waals surface area contributed by atoms with E-state index in [-0.39, 0.29) is 0 Å². The van der Waals surface area contributed by atoms with Gasteiger partial charge in [0.1, 0.15) is 5.82 Å². The molecule has 0 aliphatic carbocycles. The van der Waals surface area contributed by atoms with Crippen molar-refractivity contribution >= 4 is 11.0 Å². The van der Waals surface area contributed by atoms with Gasteiger partial charge >= 0.3 is 0 Å². The number of fused-ring (bicyclic) bond motifs is 1. The van der Waals surface area contributed by atoms with Crippen molar-refractivity contribution in [2.45, 2.75) is 20.8 Å². The van der Waals surface area contributed by atoms with E-state index in [0.29, 0.717) is 0 Å². The first-order chi connectivity index (χ1) is 9.06. The van der Waals surface area contributed by atoms with Crippen molar-refractivity contribution in [2.75, 3.05) is 0 Å². The molecule has 0 atom stereocenters. The molecule has 96 valence electrons. The number of imidazole rings is 1. The van der Waals surface area contributed by atoms with Crippen LogP contribution in [0.4, 0.5) is 0 Å². The average Bonchev–Trinajstić information content (AvgIpc) is 2.70. The molecule has 3 rings (SSSR count). The predicted molar refractivity (Wildman–Crippen MR) is 80.4 cm³/mol. The summed E-state index contributed by atoms with van der Waals surface area (Å²) in [5.41, 5.74) is 7.30. The normalized spacial score (nSPS) is 11.2. The molecule has 2 aromatic carbocycles. The molecule has 0 amide bonds. The van der Waals surface area contributed by atoms with Crippen LogP contribution in [0.15, 0.2) is 36.4 Å². The summed E-state index contributed by atoms with van der Waals surface area (Å²) in [5, 5.41) is 0. The highest BCUT2D eigenvalue weighted by Gasteiger charge is 2.10. The maximum absolute atomic E-state index is 4.78. The first-order valence-electron chi connectivity index (χ1n) is 6.57. The summed E-state index contributed by atoms with van der Waals surface area (Å²) in [4.78, 5) is 4.78. The lowest BCUT2D eigenvalue weighted by Crippen LogP contribution is -1.93. The SMILES string of the molecule is Cc1ccc2c(c1)nc(-c1ccc(C)c(C)c1)n2C. The summed E-state index contributed by atoms with van der Waals surface area (Å²) in [6.07, 6.45) is 0. The standard InChI is InChI=1S/C17H18N2/c1-11-5-8-16-15(9-11)18-17(19(16)4)14-7-6-12(2)13(3)10-14/h5-10H,1-4H3. The van der Waals surface area contributed by atoms with Crippen LogP contribution in [0.1, 0.15) is 16.7 Å². The highest BCUT2D eigenvalue weighted by atomic mass is 15.1. The van der Waals surface area contributed by atoms with Gasteiger partial charge in [0.25, 0.3) is 0 Å². The second-order valence-corrected chi connectivity index (χ2v) is 5.29. The van der Waals surface area contributed by atoms with E-state index in [2.05, 4.69) is 68.8 Å². The predicted octanol–water partition coefficient (Wildman–Crippen LogP) is 4.17. The molecule has 2 heteroatoms. The third-order valence-corrected chi connectivity index (χ3v) is 3.80. The summed E-state index contributed by atoms with van der Waals surface area (Å²) in [7, 11) is 2.08. The molecule has 0 bridgehead atoms. The van der Waals surface area contributed by atoms with Gasteiger partial charge in [0.2, 0.25) is 0 Å². The van der Waals surface area contributed by atoms with Gasteiger partial charge in [-0.15, -0.1) is 0 Å². The molecule has 1 aromatic heterocycles. The number of aryl methyl sites for hydroxylation is 4.